The van der Waals surface area contributed by atoms with Crippen LogP contribution in [0.5, 0.6) is 17.2 Å². The van der Waals surface area contributed by atoms with Gasteiger partial charge in [-0.1, -0.05) is 6.07 Å². The molecule has 0 spiro atoms. The monoisotopic (exact) mass is 536 g/mol. The van der Waals surface area contributed by atoms with Crippen LogP contribution in [0.2, 0.25) is 0 Å². The van der Waals surface area contributed by atoms with Crippen LogP contribution in [0.4, 0.5) is 22.7 Å². The summed E-state index contributed by atoms with van der Waals surface area (Å²) in [6.07, 6.45) is 0. The number of aliphatic hydroxyl groups is 1. The Kier molecular flexibility index (Phi) is 7.67. The van der Waals surface area contributed by atoms with E-state index >= 15 is 0 Å². The van der Waals surface area contributed by atoms with E-state index in [1.807, 2.05) is 13.8 Å². The summed E-state index contributed by atoms with van der Waals surface area (Å²) in [6, 6.07) is 15.4. The molecule has 0 saturated carbocycles. The molecular weight excluding hydrogens is 512 g/mol. The molecular formula is C26H24N4O7S. The van der Waals surface area contributed by atoms with Crippen molar-refractivity contribution in [3.8, 4) is 17.2 Å². The Hall–Kier alpha value is -4.39. The molecule has 0 saturated heterocycles. The van der Waals surface area contributed by atoms with Crippen LogP contribution >= 0.6 is 0 Å². The Bertz CT molecular complexity index is 1670. The van der Waals surface area contributed by atoms with Crippen LogP contribution in [0.25, 0.3) is 10.8 Å². The van der Waals surface area contributed by atoms with E-state index in [0.717, 1.165) is 23.3 Å². The zero-order chi connectivity index (χ0) is 27.4. The summed E-state index contributed by atoms with van der Waals surface area (Å²) >= 11 is 0. The van der Waals surface area contributed by atoms with Crippen LogP contribution in [0.1, 0.15) is 11.1 Å². The van der Waals surface area contributed by atoms with Crippen molar-refractivity contribution >= 4 is 43.6 Å². The van der Waals surface area contributed by atoms with E-state index in [-0.39, 0.29) is 29.7 Å². The molecule has 0 aliphatic heterocycles. The Morgan fingerprint density at radius 3 is 2.00 bits per heavy atom. The summed E-state index contributed by atoms with van der Waals surface area (Å²) in [5.41, 5.74) is 3.38. The van der Waals surface area contributed by atoms with Gasteiger partial charge in [0.1, 0.15) is 23.8 Å². The second-order valence-corrected chi connectivity index (χ2v) is 9.76. The fourth-order valence-corrected chi connectivity index (χ4v) is 4.15. The first-order chi connectivity index (χ1) is 18.1. The van der Waals surface area contributed by atoms with Crippen molar-refractivity contribution < 1.29 is 33.0 Å². The normalized spacial score (nSPS) is 12.1. The van der Waals surface area contributed by atoms with Gasteiger partial charge in [-0.25, -0.2) is 0 Å². The predicted molar refractivity (Wildman–Crippen MR) is 140 cm³/mol. The lowest BCUT2D eigenvalue weighted by molar-refractivity contribution is 0.201. The second-order valence-electron chi connectivity index (χ2n) is 8.34. The van der Waals surface area contributed by atoms with E-state index in [0.29, 0.717) is 22.8 Å². The van der Waals surface area contributed by atoms with Crippen molar-refractivity contribution in [3.63, 3.8) is 0 Å². The number of aromatic hydroxyl groups is 2. The molecule has 0 aliphatic rings. The number of fused-ring (bicyclic) bond motifs is 1. The first-order valence-corrected chi connectivity index (χ1v) is 12.8. The van der Waals surface area contributed by atoms with Crippen LogP contribution in [0.15, 0.2) is 86.0 Å². The van der Waals surface area contributed by atoms with Gasteiger partial charge in [-0.05, 0) is 78.9 Å². The zero-order valence-corrected chi connectivity index (χ0v) is 21.2. The maximum Gasteiger partial charge on any atom is 0.294 e. The number of phenolic OH excluding ortho intramolecular Hbond substituents is 2. The van der Waals surface area contributed by atoms with E-state index in [4.69, 9.17) is 9.84 Å². The maximum atomic E-state index is 11.4. The lowest BCUT2D eigenvalue weighted by Crippen LogP contribution is -2.00. The van der Waals surface area contributed by atoms with Crippen molar-refractivity contribution in [2.24, 2.45) is 20.5 Å². The highest BCUT2D eigenvalue weighted by Crippen LogP contribution is 2.42. The van der Waals surface area contributed by atoms with E-state index in [1.54, 1.807) is 36.4 Å². The third kappa shape index (κ3) is 5.94. The van der Waals surface area contributed by atoms with Gasteiger partial charge >= 0.3 is 0 Å². The molecule has 0 fully saturated rings. The van der Waals surface area contributed by atoms with Gasteiger partial charge in [-0.2, -0.15) is 23.8 Å². The molecule has 0 radical (unpaired) electrons. The summed E-state index contributed by atoms with van der Waals surface area (Å²) in [5.74, 6) is -0.299. The third-order valence-electron chi connectivity index (χ3n) is 5.57. The maximum absolute atomic E-state index is 11.4. The summed E-state index contributed by atoms with van der Waals surface area (Å²) in [7, 11) is -4.53. The number of benzene rings is 4. The zero-order valence-electron chi connectivity index (χ0n) is 20.4. The Morgan fingerprint density at radius 1 is 0.789 bits per heavy atom. The quantitative estimate of drug-likeness (QED) is 0.151. The minimum absolute atomic E-state index is 0.0227. The van der Waals surface area contributed by atoms with Crippen molar-refractivity contribution in [3.05, 3.63) is 71.8 Å². The number of hydrogen-bond donors (Lipinski definition) is 4. The van der Waals surface area contributed by atoms with E-state index < -0.39 is 26.5 Å². The van der Waals surface area contributed by atoms with Gasteiger partial charge < -0.3 is 20.1 Å². The molecule has 0 unspecified atom stereocenters. The average Bonchev–Trinajstić information content (AvgIpc) is 2.87. The molecule has 196 valence electrons. The van der Waals surface area contributed by atoms with Crippen molar-refractivity contribution in [1.29, 1.82) is 0 Å². The number of nitrogens with zero attached hydrogens (tertiary/aromatic N) is 4. The summed E-state index contributed by atoms with van der Waals surface area (Å²) in [6.45, 7) is 3.81. The predicted octanol–water partition coefficient (Wildman–Crippen LogP) is 6.32. The van der Waals surface area contributed by atoms with Gasteiger partial charge in [0.15, 0.2) is 5.75 Å². The highest BCUT2D eigenvalue weighted by Gasteiger charge is 2.17. The van der Waals surface area contributed by atoms with Gasteiger partial charge in [-0.15, -0.1) is 5.11 Å². The number of rotatable bonds is 8. The summed E-state index contributed by atoms with van der Waals surface area (Å²) in [5, 5.41) is 46.8. The number of azo groups is 2. The smallest absolute Gasteiger partial charge is 0.294 e. The molecule has 0 aliphatic carbocycles. The lowest BCUT2D eigenvalue weighted by atomic mass is 10.1. The molecule has 0 bridgehead atoms. The SMILES string of the molecule is Cc1cc(/N=N/c2ccc3cc(S(=O)(=O)O)cc(O)c3c2O)c(C)cc1/N=N/c1ccc(OCCO)cc1. The molecule has 4 N–H and O–H groups in total. The highest BCUT2D eigenvalue weighted by atomic mass is 32.2. The molecule has 0 amide bonds. The molecule has 0 aromatic heterocycles. The minimum atomic E-state index is -4.53. The first kappa shape index (κ1) is 26.7. The summed E-state index contributed by atoms with van der Waals surface area (Å²) < 4.78 is 37.4. The Balaban J connectivity index is 1.57. The topological polar surface area (TPSA) is 174 Å². The number of ether oxygens (including phenoxy) is 1. The second kappa shape index (κ2) is 10.9. The van der Waals surface area contributed by atoms with Gasteiger partial charge in [0.2, 0.25) is 0 Å². The van der Waals surface area contributed by atoms with Crippen LogP contribution in [-0.4, -0.2) is 41.5 Å². The van der Waals surface area contributed by atoms with Gasteiger partial charge in [-0.3, -0.25) is 4.55 Å². The summed E-state index contributed by atoms with van der Waals surface area (Å²) in [4.78, 5) is -0.497. The molecule has 38 heavy (non-hydrogen) atoms. The number of phenols is 2. The Labute approximate surface area is 218 Å². The molecule has 4 aromatic carbocycles. The lowest BCUT2D eigenvalue weighted by Gasteiger charge is -2.08. The molecule has 4 aromatic rings. The van der Waals surface area contributed by atoms with Gasteiger partial charge in [0.05, 0.1) is 34.0 Å². The third-order valence-corrected chi connectivity index (χ3v) is 6.40. The van der Waals surface area contributed by atoms with Crippen LogP contribution in [0, 0.1) is 13.8 Å². The fraction of sp³-hybridized carbons (Fsp3) is 0.154. The van der Waals surface area contributed by atoms with Crippen LogP contribution in [-0.2, 0) is 10.1 Å². The largest absolute Gasteiger partial charge is 0.507 e. The molecule has 12 heteroatoms. The number of hydrogen-bond acceptors (Lipinski definition) is 10. The van der Waals surface area contributed by atoms with E-state index in [9.17, 15) is 23.2 Å². The van der Waals surface area contributed by atoms with E-state index in [2.05, 4.69) is 20.5 Å². The number of aliphatic hydroxyl groups excluding tert-OH is 1. The van der Waals surface area contributed by atoms with Gasteiger partial charge in [0, 0.05) is 6.07 Å². The molecule has 4 rings (SSSR count). The Morgan fingerprint density at radius 2 is 1.39 bits per heavy atom. The van der Waals surface area contributed by atoms with Crippen molar-refractivity contribution in [2.75, 3.05) is 13.2 Å². The molecule has 11 nitrogen and oxygen atoms in total. The average molecular weight is 537 g/mol. The highest BCUT2D eigenvalue weighted by molar-refractivity contribution is 7.85. The van der Waals surface area contributed by atoms with E-state index in [1.165, 1.54) is 12.1 Å². The van der Waals surface area contributed by atoms with Crippen molar-refractivity contribution in [1.82, 2.24) is 0 Å². The number of aryl methyl sites for hydroxylation is 2. The fourth-order valence-electron chi connectivity index (χ4n) is 3.61. The molecule has 0 atom stereocenters. The van der Waals surface area contributed by atoms with Crippen molar-refractivity contribution in [2.45, 2.75) is 18.7 Å². The van der Waals surface area contributed by atoms with Crippen LogP contribution < -0.4 is 4.74 Å². The van der Waals surface area contributed by atoms with Crippen LogP contribution in [0.3, 0.4) is 0 Å². The standard InChI is InChI=1S/C26H24N4O7S/c1-15-12-23(16(2)11-22(15)29-27-18-4-6-19(7-5-18)37-10-9-31)30-28-21-8-3-17-13-20(38(34,35)36)14-24(32)25(17)26(21)33/h3-8,11-14,31-33H,9-10H2,1-2H3,(H,34,35,36)/b29-27+,30-28+. The van der Waals surface area contributed by atoms with Gasteiger partial charge in [0.25, 0.3) is 10.1 Å². The molecule has 0 heterocycles. The minimum Gasteiger partial charge on any atom is -0.507 e. The first-order valence-electron chi connectivity index (χ1n) is 11.3.